The largest absolute Gasteiger partial charge is 0.350 e. The molecular formula is C19H23N3O2. The normalized spacial score (nSPS) is 11.0. The van der Waals surface area contributed by atoms with Crippen LogP contribution >= 0.6 is 0 Å². The Labute approximate surface area is 142 Å². The molecule has 0 atom stereocenters. The van der Waals surface area contributed by atoms with Crippen molar-refractivity contribution in [3.05, 3.63) is 60.4 Å². The van der Waals surface area contributed by atoms with Crippen molar-refractivity contribution in [2.24, 2.45) is 5.41 Å². The molecule has 5 nitrogen and oxygen atoms in total. The van der Waals surface area contributed by atoms with Crippen molar-refractivity contribution in [3.63, 3.8) is 0 Å². The number of pyridine rings is 1. The maximum Gasteiger partial charge on any atom is 0.242 e. The van der Waals surface area contributed by atoms with Gasteiger partial charge in [-0.25, -0.2) is 0 Å². The summed E-state index contributed by atoms with van der Waals surface area (Å²) >= 11 is 0. The molecule has 126 valence electrons. The standard InChI is InChI=1S/C19H23N3O2/c1-4-22(16-11-6-5-7-12-16)18(24)19(2,3)17(23)21-14-15-10-8-9-13-20-15/h5-13H,4,14H2,1-3H3,(H,21,23). The molecule has 2 rings (SSSR count). The number of benzene rings is 1. The molecule has 2 aromatic rings. The van der Waals surface area contributed by atoms with Gasteiger partial charge in [-0.15, -0.1) is 0 Å². The fourth-order valence-corrected chi connectivity index (χ4v) is 2.38. The Hall–Kier alpha value is -2.69. The number of nitrogens with zero attached hydrogens (tertiary/aromatic N) is 2. The Morgan fingerprint density at radius 3 is 2.33 bits per heavy atom. The first-order chi connectivity index (χ1) is 11.5. The summed E-state index contributed by atoms with van der Waals surface area (Å²) in [6, 6.07) is 14.9. The van der Waals surface area contributed by atoms with Crippen molar-refractivity contribution in [1.82, 2.24) is 10.3 Å². The number of nitrogens with one attached hydrogen (secondary N) is 1. The molecule has 0 bridgehead atoms. The molecule has 0 radical (unpaired) electrons. The predicted molar refractivity (Wildman–Crippen MR) is 94.3 cm³/mol. The summed E-state index contributed by atoms with van der Waals surface area (Å²) in [5.74, 6) is -0.540. The molecule has 0 aliphatic rings. The van der Waals surface area contributed by atoms with Crippen molar-refractivity contribution in [3.8, 4) is 0 Å². The quantitative estimate of drug-likeness (QED) is 0.831. The number of anilines is 1. The van der Waals surface area contributed by atoms with E-state index in [1.54, 1.807) is 24.9 Å². The average Bonchev–Trinajstić information content (AvgIpc) is 2.62. The van der Waals surface area contributed by atoms with Crippen LogP contribution in [0.1, 0.15) is 26.5 Å². The summed E-state index contributed by atoms with van der Waals surface area (Å²) in [4.78, 5) is 31.2. The number of para-hydroxylation sites is 1. The van der Waals surface area contributed by atoms with E-state index in [-0.39, 0.29) is 11.8 Å². The third-order valence-electron chi connectivity index (χ3n) is 3.89. The zero-order chi connectivity index (χ0) is 17.6. The Morgan fingerprint density at radius 1 is 1.08 bits per heavy atom. The molecule has 0 aliphatic carbocycles. The molecule has 24 heavy (non-hydrogen) atoms. The minimum Gasteiger partial charge on any atom is -0.350 e. The van der Waals surface area contributed by atoms with Crippen molar-refractivity contribution in [1.29, 1.82) is 0 Å². The van der Waals surface area contributed by atoms with E-state index in [1.165, 1.54) is 0 Å². The third kappa shape index (κ3) is 3.98. The second-order valence-corrected chi connectivity index (χ2v) is 6.01. The number of carbonyl (C=O) groups excluding carboxylic acids is 2. The number of aromatic nitrogens is 1. The third-order valence-corrected chi connectivity index (χ3v) is 3.89. The van der Waals surface area contributed by atoms with E-state index in [4.69, 9.17) is 0 Å². The molecule has 1 heterocycles. The molecule has 1 aromatic heterocycles. The summed E-state index contributed by atoms with van der Waals surface area (Å²) in [5, 5.41) is 2.80. The van der Waals surface area contributed by atoms with Gasteiger partial charge in [0.1, 0.15) is 5.41 Å². The van der Waals surface area contributed by atoms with Crippen LogP contribution in [0.2, 0.25) is 0 Å². The molecule has 0 fully saturated rings. The molecule has 0 saturated carbocycles. The van der Waals surface area contributed by atoms with Crippen LogP contribution in [0.5, 0.6) is 0 Å². The maximum atomic E-state index is 12.9. The summed E-state index contributed by atoms with van der Waals surface area (Å²) in [6.07, 6.45) is 1.67. The van der Waals surface area contributed by atoms with E-state index in [0.717, 1.165) is 11.4 Å². The first kappa shape index (κ1) is 17.7. The summed E-state index contributed by atoms with van der Waals surface area (Å²) in [5.41, 5.74) is 0.376. The molecule has 5 heteroatoms. The SMILES string of the molecule is CCN(C(=O)C(C)(C)C(=O)NCc1ccccn1)c1ccccc1. The van der Waals surface area contributed by atoms with Crippen molar-refractivity contribution in [2.45, 2.75) is 27.3 Å². The fourth-order valence-electron chi connectivity index (χ4n) is 2.38. The van der Waals surface area contributed by atoms with Gasteiger partial charge < -0.3 is 10.2 Å². The molecular weight excluding hydrogens is 302 g/mol. The van der Waals surface area contributed by atoms with Gasteiger partial charge in [-0.05, 0) is 45.0 Å². The smallest absolute Gasteiger partial charge is 0.242 e. The van der Waals surface area contributed by atoms with Gasteiger partial charge in [0.05, 0.1) is 12.2 Å². The van der Waals surface area contributed by atoms with Gasteiger partial charge in [-0.3, -0.25) is 14.6 Å². The van der Waals surface area contributed by atoms with E-state index in [2.05, 4.69) is 10.3 Å². The maximum absolute atomic E-state index is 12.9. The summed E-state index contributed by atoms with van der Waals surface area (Å²) in [6.45, 7) is 5.99. The second-order valence-electron chi connectivity index (χ2n) is 6.01. The lowest BCUT2D eigenvalue weighted by molar-refractivity contribution is -0.139. The Morgan fingerprint density at radius 2 is 1.75 bits per heavy atom. The highest BCUT2D eigenvalue weighted by atomic mass is 16.2. The van der Waals surface area contributed by atoms with E-state index < -0.39 is 5.41 Å². The minimum absolute atomic E-state index is 0.227. The van der Waals surface area contributed by atoms with Gasteiger partial charge in [0.25, 0.3) is 0 Å². The number of rotatable bonds is 6. The highest BCUT2D eigenvalue weighted by Gasteiger charge is 2.39. The number of amides is 2. The van der Waals surface area contributed by atoms with Crippen LogP contribution in [0.3, 0.4) is 0 Å². The Bertz CT molecular complexity index is 684. The summed E-state index contributed by atoms with van der Waals surface area (Å²) in [7, 11) is 0. The van der Waals surface area contributed by atoms with Gasteiger partial charge >= 0.3 is 0 Å². The zero-order valence-corrected chi connectivity index (χ0v) is 14.3. The highest BCUT2D eigenvalue weighted by molar-refractivity contribution is 6.10. The molecule has 0 aliphatic heterocycles. The summed E-state index contributed by atoms with van der Waals surface area (Å²) < 4.78 is 0. The second kappa shape index (κ2) is 7.73. The Kier molecular flexibility index (Phi) is 5.68. The van der Waals surface area contributed by atoms with Crippen LogP contribution in [0.4, 0.5) is 5.69 Å². The minimum atomic E-state index is -1.17. The van der Waals surface area contributed by atoms with Crippen LogP contribution in [-0.4, -0.2) is 23.3 Å². The molecule has 0 unspecified atom stereocenters. The Balaban J connectivity index is 2.09. The van der Waals surface area contributed by atoms with Gasteiger partial charge in [-0.2, -0.15) is 0 Å². The monoisotopic (exact) mass is 325 g/mol. The van der Waals surface area contributed by atoms with Gasteiger partial charge in [0.15, 0.2) is 0 Å². The average molecular weight is 325 g/mol. The first-order valence-corrected chi connectivity index (χ1v) is 8.02. The highest BCUT2D eigenvalue weighted by Crippen LogP contribution is 2.24. The molecule has 0 spiro atoms. The van der Waals surface area contributed by atoms with Crippen LogP contribution < -0.4 is 10.2 Å². The van der Waals surface area contributed by atoms with Gasteiger partial charge in [0, 0.05) is 18.4 Å². The lowest BCUT2D eigenvalue weighted by atomic mass is 9.90. The van der Waals surface area contributed by atoms with Gasteiger partial charge in [0.2, 0.25) is 11.8 Å². The topological polar surface area (TPSA) is 62.3 Å². The number of hydrogen-bond donors (Lipinski definition) is 1. The predicted octanol–water partition coefficient (Wildman–Crippen LogP) is 2.78. The van der Waals surface area contributed by atoms with Gasteiger partial charge in [-0.1, -0.05) is 24.3 Å². The lowest BCUT2D eigenvalue weighted by Gasteiger charge is -2.30. The molecule has 0 saturated heterocycles. The molecule has 1 aromatic carbocycles. The van der Waals surface area contributed by atoms with Crippen molar-refractivity contribution < 1.29 is 9.59 Å². The van der Waals surface area contributed by atoms with E-state index in [1.807, 2.05) is 55.5 Å². The van der Waals surface area contributed by atoms with Crippen LogP contribution in [0, 0.1) is 5.41 Å². The number of hydrogen-bond acceptors (Lipinski definition) is 3. The molecule has 1 N–H and O–H groups in total. The fraction of sp³-hybridized carbons (Fsp3) is 0.316. The molecule has 2 amide bonds. The first-order valence-electron chi connectivity index (χ1n) is 8.02. The van der Waals surface area contributed by atoms with Crippen LogP contribution in [-0.2, 0) is 16.1 Å². The lowest BCUT2D eigenvalue weighted by Crippen LogP contribution is -2.49. The van der Waals surface area contributed by atoms with Crippen LogP contribution in [0.25, 0.3) is 0 Å². The van der Waals surface area contributed by atoms with E-state index >= 15 is 0 Å². The van der Waals surface area contributed by atoms with Crippen molar-refractivity contribution in [2.75, 3.05) is 11.4 Å². The van der Waals surface area contributed by atoms with Crippen molar-refractivity contribution >= 4 is 17.5 Å². The van der Waals surface area contributed by atoms with Crippen LogP contribution in [0.15, 0.2) is 54.7 Å². The number of carbonyl (C=O) groups is 2. The van der Waals surface area contributed by atoms with E-state index in [0.29, 0.717) is 13.1 Å². The zero-order valence-electron chi connectivity index (χ0n) is 14.3. The van der Waals surface area contributed by atoms with E-state index in [9.17, 15) is 9.59 Å².